The molecule has 3 amide bonds. The Labute approximate surface area is 321 Å². The van der Waals surface area contributed by atoms with Gasteiger partial charge < -0.3 is 30.4 Å². The van der Waals surface area contributed by atoms with Crippen LogP contribution in [0.5, 0.6) is 0 Å². The fourth-order valence-corrected chi connectivity index (χ4v) is 6.46. The quantitative estimate of drug-likeness (QED) is 0.0538. The van der Waals surface area contributed by atoms with Crippen LogP contribution in [0.4, 0.5) is 4.79 Å². The molecule has 0 aliphatic heterocycles. The standard InChI is InChI=1S/C42H47N5O6S/c1-28(2)20-35(38(54)23-39(48)52-25-29-12-5-3-6-13-29)45-41(50)37(22-33-24-43-27-44-33)46-40(49)36(47-42(51)53-26-30-14-7-4-8-15-30)21-32-18-11-17-31-16-9-10-19-34(31)32/h3-19,24,27-28,35-38,54H,20-23,25-26H2,1-2H3,(H,43,44)(H,45,50)(H,46,49)(H,47,51)/t35?,36-,37+,38?/m0/s1. The number of alkyl carbamates (subject to hydrolysis) is 1. The van der Waals surface area contributed by atoms with Gasteiger partial charge in [0.05, 0.1) is 18.4 Å². The number of carbonyl (C=O) groups excluding carboxylic acids is 4. The van der Waals surface area contributed by atoms with Crippen LogP contribution in [0.15, 0.2) is 116 Å². The van der Waals surface area contributed by atoms with Crippen LogP contribution in [-0.2, 0) is 49.9 Å². The monoisotopic (exact) mass is 749 g/mol. The topological polar surface area (TPSA) is 152 Å². The van der Waals surface area contributed by atoms with Gasteiger partial charge >= 0.3 is 12.1 Å². The zero-order valence-corrected chi connectivity index (χ0v) is 31.3. The highest BCUT2D eigenvalue weighted by Gasteiger charge is 2.32. The average molecular weight is 750 g/mol. The molecule has 4 N–H and O–H groups in total. The summed E-state index contributed by atoms with van der Waals surface area (Å²) in [5.74, 6) is -1.35. The third-order valence-corrected chi connectivity index (χ3v) is 9.40. The lowest BCUT2D eigenvalue weighted by atomic mass is 9.97. The van der Waals surface area contributed by atoms with Gasteiger partial charge in [-0.15, -0.1) is 0 Å². The number of esters is 1. The molecule has 282 valence electrons. The first-order valence-electron chi connectivity index (χ1n) is 18.0. The summed E-state index contributed by atoms with van der Waals surface area (Å²) in [5, 5.41) is 10.0. The second kappa shape index (κ2) is 20.0. The summed E-state index contributed by atoms with van der Waals surface area (Å²) in [4.78, 5) is 61.5. The van der Waals surface area contributed by atoms with Crippen molar-refractivity contribution in [3.8, 4) is 0 Å². The van der Waals surface area contributed by atoms with E-state index in [0.29, 0.717) is 12.1 Å². The molecule has 12 heteroatoms. The van der Waals surface area contributed by atoms with Crippen LogP contribution in [0.2, 0.25) is 0 Å². The number of hydrogen-bond acceptors (Lipinski definition) is 8. The zero-order chi connectivity index (χ0) is 38.3. The average Bonchev–Trinajstić information content (AvgIpc) is 3.69. The van der Waals surface area contributed by atoms with Gasteiger partial charge in [-0.25, -0.2) is 9.78 Å². The van der Waals surface area contributed by atoms with E-state index in [1.54, 1.807) is 6.20 Å². The van der Waals surface area contributed by atoms with E-state index in [1.165, 1.54) is 6.33 Å². The summed E-state index contributed by atoms with van der Waals surface area (Å²) in [6, 6.07) is 29.5. The SMILES string of the molecule is CC(C)CC(NC(=O)[C@@H](Cc1c[nH]cn1)NC(=O)[C@H](Cc1cccc2ccccc12)NC(=O)OCc1ccccc1)C(S)CC(=O)OCc1ccccc1. The Morgan fingerprint density at radius 1 is 0.722 bits per heavy atom. The predicted octanol–water partition coefficient (Wildman–Crippen LogP) is 6.09. The van der Waals surface area contributed by atoms with E-state index < -0.39 is 47.3 Å². The van der Waals surface area contributed by atoms with Crippen molar-refractivity contribution in [3.05, 3.63) is 138 Å². The number of amides is 3. The molecule has 0 bridgehead atoms. The smallest absolute Gasteiger partial charge is 0.408 e. The van der Waals surface area contributed by atoms with Crippen molar-refractivity contribution in [1.82, 2.24) is 25.9 Å². The largest absolute Gasteiger partial charge is 0.461 e. The van der Waals surface area contributed by atoms with Crippen LogP contribution < -0.4 is 16.0 Å². The molecule has 54 heavy (non-hydrogen) atoms. The zero-order valence-electron chi connectivity index (χ0n) is 30.4. The van der Waals surface area contributed by atoms with Crippen LogP contribution in [-0.4, -0.2) is 57.2 Å². The van der Waals surface area contributed by atoms with E-state index in [9.17, 15) is 19.2 Å². The molecule has 0 saturated carbocycles. The Morgan fingerprint density at radius 3 is 2.00 bits per heavy atom. The molecule has 5 rings (SSSR count). The van der Waals surface area contributed by atoms with E-state index in [-0.39, 0.29) is 38.4 Å². The van der Waals surface area contributed by atoms with E-state index in [0.717, 1.165) is 27.5 Å². The number of imidazole rings is 1. The van der Waals surface area contributed by atoms with Gasteiger partial charge in [0.1, 0.15) is 25.3 Å². The number of thiol groups is 1. The van der Waals surface area contributed by atoms with Gasteiger partial charge in [-0.1, -0.05) is 117 Å². The molecule has 4 aromatic carbocycles. The van der Waals surface area contributed by atoms with E-state index in [2.05, 4.69) is 25.9 Å². The third kappa shape index (κ3) is 12.2. The number of nitrogens with one attached hydrogen (secondary N) is 4. The Kier molecular flexibility index (Phi) is 14.7. The molecule has 0 radical (unpaired) electrons. The Hall–Kier alpha value is -5.62. The van der Waals surface area contributed by atoms with E-state index >= 15 is 0 Å². The van der Waals surface area contributed by atoms with Gasteiger partial charge in [0.2, 0.25) is 11.8 Å². The molecule has 0 aliphatic carbocycles. The molecular weight excluding hydrogens is 703 g/mol. The van der Waals surface area contributed by atoms with Crippen molar-refractivity contribution in [2.75, 3.05) is 0 Å². The number of nitrogens with zero attached hydrogens (tertiary/aromatic N) is 1. The summed E-state index contributed by atoms with van der Waals surface area (Å²) in [5.41, 5.74) is 3.03. The molecule has 0 saturated heterocycles. The van der Waals surface area contributed by atoms with Gasteiger partial charge in [0.25, 0.3) is 0 Å². The van der Waals surface area contributed by atoms with E-state index in [4.69, 9.17) is 22.1 Å². The van der Waals surface area contributed by atoms with Crippen molar-refractivity contribution < 1.29 is 28.7 Å². The summed E-state index contributed by atoms with van der Waals surface area (Å²) < 4.78 is 11.0. The minimum absolute atomic E-state index is 0.0153. The molecule has 5 aromatic rings. The van der Waals surface area contributed by atoms with Gasteiger partial charge in [0.15, 0.2) is 0 Å². The molecule has 0 fully saturated rings. The van der Waals surface area contributed by atoms with E-state index in [1.807, 2.05) is 117 Å². The number of H-pyrrole nitrogens is 1. The number of aromatic amines is 1. The van der Waals surface area contributed by atoms with Crippen LogP contribution in [0.1, 0.15) is 49.1 Å². The molecule has 0 aliphatic rings. The third-order valence-electron chi connectivity index (χ3n) is 8.86. The first kappa shape index (κ1) is 39.6. The minimum Gasteiger partial charge on any atom is -0.461 e. The Morgan fingerprint density at radius 2 is 1.33 bits per heavy atom. The highest BCUT2D eigenvalue weighted by atomic mass is 32.1. The van der Waals surface area contributed by atoms with Crippen LogP contribution >= 0.6 is 12.6 Å². The van der Waals surface area contributed by atoms with Crippen molar-refractivity contribution in [2.24, 2.45) is 5.92 Å². The van der Waals surface area contributed by atoms with Crippen LogP contribution in [0, 0.1) is 5.92 Å². The number of rotatable bonds is 18. The molecule has 1 aromatic heterocycles. The Balaban J connectivity index is 1.32. The molecule has 1 heterocycles. The molecule has 11 nitrogen and oxygen atoms in total. The maximum Gasteiger partial charge on any atom is 0.408 e. The second-order valence-corrected chi connectivity index (χ2v) is 14.3. The molecule has 2 unspecified atom stereocenters. The number of fused-ring (bicyclic) bond motifs is 1. The van der Waals surface area contributed by atoms with Crippen LogP contribution in [0.3, 0.4) is 0 Å². The van der Waals surface area contributed by atoms with Gasteiger partial charge in [0, 0.05) is 30.3 Å². The van der Waals surface area contributed by atoms with Gasteiger partial charge in [-0.05, 0) is 39.8 Å². The summed E-state index contributed by atoms with van der Waals surface area (Å²) in [7, 11) is 0. The lowest BCUT2D eigenvalue weighted by Gasteiger charge is -2.29. The lowest BCUT2D eigenvalue weighted by Crippen LogP contribution is -2.57. The van der Waals surface area contributed by atoms with Crippen molar-refractivity contribution in [1.29, 1.82) is 0 Å². The molecule has 0 spiro atoms. The fourth-order valence-electron chi connectivity index (χ4n) is 6.11. The lowest BCUT2D eigenvalue weighted by molar-refractivity contribution is -0.145. The highest BCUT2D eigenvalue weighted by Crippen LogP contribution is 2.21. The van der Waals surface area contributed by atoms with Crippen LogP contribution in [0.25, 0.3) is 10.8 Å². The molecular formula is C42H47N5O6S. The first-order chi connectivity index (χ1) is 26.1. The van der Waals surface area contributed by atoms with Gasteiger partial charge in [-0.3, -0.25) is 14.4 Å². The van der Waals surface area contributed by atoms with Crippen molar-refractivity contribution in [3.63, 3.8) is 0 Å². The number of carbonyl (C=O) groups is 4. The number of aromatic nitrogens is 2. The molecule has 4 atom stereocenters. The second-order valence-electron chi connectivity index (χ2n) is 13.6. The number of benzene rings is 4. The van der Waals surface area contributed by atoms with Gasteiger partial charge in [-0.2, -0.15) is 12.6 Å². The normalized spacial score (nSPS) is 13.3. The Bertz CT molecular complexity index is 1950. The highest BCUT2D eigenvalue weighted by molar-refractivity contribution is 7.81. The maximum absolute atomic E-state index is 14.2. The summed E-state index contributed by atoms with van der Waals surface area (Å²) >= 11 is 4.74. The van der Waals surface area contributed by atoms with Crippen molar-refractivity contribution >= 4 is 47.3 Å². The fraction of sp³-hybridized carbons (Fsp3) is 0.310. The maximum atomic E-state index is 14.2. The number of ether oxygens (including phenoxy) is 2. The summed E-state index contributed by atoms with van der Waals surface area (Å²) in [6.45, 7) is 4.17. The predicted molar refractivity (Wildman–Crippen MR) is 210 cm³/mol. The van der Waals surface area contributed by atoms with Crippen molar-refractivity contribution in [2.45, 2.75) is 76.1 Å². The minimum atomic E-state index is -1.10. The number of hydrogen-bond donors (Lipinski definition) is 5. The summed E-state index contributed by atoms with van der Waals surface area (Å²) in [6.07, 6.45) is 3.04. The first-order valence-corrected chi connectivity index (χ1v) is 18.6.